The summed E-state index contributed by atoms with van der Waals surface area (Å²) in [6.07, 6.45) is 1.46. The van der Waals surface area contributed by atoms with Crippen LogP contribution in [0.1, 0.15) is 13.3 Å². The molecule has 2 heteroatoms. The van der Waals surface area contributed by atoms with Gasteiger partial charge in [-0.15, -0.1) is 0 Å². The molecule has 2 nitrogen and oxygen atoms in total. The van der Waals surface area contributed by atoms with E-state index in [9.17, 15) is 0 Å². The Kier molecular flexibility index (Phi) is 1.90. The van der Waals surface area contributed by atoms with Gasteiger partial charge in [-0.3, -0.25) is 0 Å². The van der Waals surface area contributed by atoms with Gasteiger partial charge in [0.2, 0.25) is 0 Å². The van der Waals surface area contributed by atoms with Crippen molar-refractivity contribution < 1.29 is 0 Å². The lowest BCUT2D eigenvalue weighted by Gasteiger charge is -2.53. The number of rotatable bonds is 2. The van der Waals surface area contributed by atoms with Crippen LogP contribution in [-0.4, -0.2) is 31.1 Å². The molecule has 2 heterocycles. The second kappa shape index (κ2) is 2.76. The minimum atomic E-state index is 0.873. The van der Waals surface area contributed by atoms with Crippen molar-refractivity contribution in [3.63, 3.8) is 0 Å². The highest BCUT2D eigenvalue weighted by Gasteiger charge is 2.44. The van der Waals surface area contributed by atoms with Crippen LogP contribution in [0.2, 0.25) is 0 Å². The van der Waals surface area contributed by atoms with Crippen LogP contribution in [-0.2, 0) is 0 Å². The fourth-order valence-electron chi connectivity index (χ4n) is 2.73. The third kappa shape index (κ3) is 1.09. The van der Waals surface area contributed by atoms with Crippen molar-refractivity contribution in [3.8, 4) is 0 Å². The lowest BCUT2D eigenvalue weighted by molar-refractivity contribution is -0.0355. The Morgan fingerprint density at radius 1 is 1.36 bits per heavy atom. The van der Waals surface area contributed by atoms with Crippen molar-refractivity contribution >= 4 is 0 Å². The molecule has 1 saturated carbocycles. The van der Waals surface area contributed by atoms with E-state index < -0.39 is 0 Å². The molecule has 1 aliphatic carbocycles. The first-order valence-corrected chi connectivity index (χ1v) is 4.77. The summed E-state index contributed by atoms with van der Waals surface area (Å²) in [7, 11) is 0. The van der Waals surface area contributed by atoms with E-state index in [4.69, 9.17) is 5.73 Å². The normalized spacial score (nSPS) is 43.6. The van der Waals surface area contributed by atoms with Gasteiger partial charge in [-0.2, -0.15) is 0 Å². The molecule has 2 saturated heterocycles. The van der Waals surface area contributed by atoms with Crippen LogP contribution in [0, 0.1) is 17.8 Å². The van der Waals surface area contributed by atoms with E-state index in [0.29, 0.717) is 0 Å². The largest absolute Gasteiger partial charge is 0.330 e. The van der Waals surface area contributed by atoms with Gasteiger partial charge in [-0.1, -0.05) is 6.92 Å². The predicted molar refractivity (Wildman–Crippen MR) is 46.3 cm³/mol. The van der Waals surface area contributed by atoms with Crippen LogP contribution in [0.15, 0.2) is 0 Å². The zero-order valence-corrected chi connectivity index (χ0v) is 7.29. The number of piperidine rings is 2. The van der Waals surface area contributed by atoms with Crippen molar-refractivity contribution in [2.24, 2.45) is 23.5 Å². The van der Waals surface area contributed by atoms with Crippen LogP contribution < -0.4 is 5.73 Å². The van der Waals surface area contributed by atoms with E-state index in [0.717, 1.165) is 24.3 Å². The summed E-state index contributed by atoms with van der Waals surface area (Å²) in [6, 6.07) is 0. The van der Waals surface area contributed by atoms with E-state index in [1.807, 2.05) is 0 Å². The molecule has 11 heavy (non-hydrogen) atoms. The topological polar surface area (TPSA) is 29.3 Å². The van der Waals surface area contributed by atoms with Crippen molar-refractivity contribution in [1.82, 2.24) is 4.90 Å². The molecule has 2 bridgehead atoms. The Balaban J connectivity index is 1.91. The van der Waals surface area contributed by atoms with Gasteiger partial charge in [0.15, 0.2) is 0 Å². The zero-order valence-electron chi connectivity index (χ0n) is 7.29. The summed E-state index contributed by atoms with van der Waals surface area (Å²) < 4.78 is 0. The first-order chi connectivity index (χ1) is 5.35. The van der Waals surface area contributed by atoms with Gasteiger partial charge >= 0.3 is 0 Å². The van der Waals surface area contributed by atoms with Gasteiger partial charge in [0.05, 0.1) is 0 Å². The SMILES string of the molecule is CCN1CC2CC(C1)C2CN. The molecule has 0 spiro atoms. The average Bonchev–Trinajstić information content (AvgIpc) is 2.05. The lowest BCUT2D eigenvalue weighted by Crippen LogP contribution is -2.57. The molecule has 0 aromatic rings. The number of fused-ring (bicyclic) bond motifs is 2. The first kappa shape index (κ1) is 7.56. The Hall–Kier alpha value is -0.0800. The van der Waals surface area contributed by atoms with Crippen LogP contribution in [0.25, 0.3) is 0 Å². The third-order valence-corrected chi connectivity index (χ3v) is 3.52. The summed E-state index contributed by atoms with van der Waals surface area (Å²) in [5, 5.41) is 0. The summed E-state index contributed by atoms with van der Waals surface area (Å²) in [5.41, 5.74) is 5.69. The van der Waals surface area contributed by atoms with Gasteiger partial charge < -0.3 is 10.6 Å². The van der Waals surface area contributed by atoms with E-state index >= 15 is 0 Å². The van der Waals surface area contributed by atoms with Gasteiger partial charge in [0.1, 0.15) is 0 Å². The monoisotopic (exact) mass is 154 g/mol. The van der Waals surface area contributed by atoms with Crippen LogP contribution >= 0.6 is 0 Å². The van der Waals surface area contributed by atoms with Gasteiger partial charge in [-0.25, -0.2) is 0 Å². The molecule has 3 fully saturated rings. The molecular weight excluding hydrogens is 136 g/mol. The number of nitrogens with two attached hydrogens (primary N) is 1. The maximum atomic E-state index is 5.69. The zero-order chi connectivity index (χ0) is 7.84. The molecule has 0 aromatic heterocycles. The maximum absolute atomic E-state index is 5.69. The smallest absolute Gasteiger partial charge is 0.00130 e. The predicted octanol–water partition coefficient (Wildman–Crippen LogP) is 0.533. The lowest BCUT2D eigenvalue weighted by atomic mass is 9.61. The van der Waals surface area contributed by atoms with Gasteiger partial charge in [-0.05, 0) is 37.3 Å². The quantitative estimate of drug-likeness (QED) is 0.629. The summed E-state index contributed by atoms with van der Waals surface area (Å²) in [6.45, 7) is 7.03. The van der Waals surface area contributed by atoms with Gasteiger partial charge in [0, 0.05) is 13.1 Å². The minimum Gasteiger partial charge on any atom is -0.330 e. The minimum absolute atomic E-state index is 0.873. The molecule has 2 unspecified atom stereocenters. The Morgan fingerprint density at radius 2 is 2.00 bits per heavy atom. The second-order valence-electron chi connectivity index (χ2n) is 4.01. The molecule has 2 aliphatic heterocycles. The van der Waals surface area contributed by atoms with Crippen molar-refractivity contribution in [2.45, 2.75) is 13.3 Å². The summed E-state index contributed by atoms with van der Waals surface area (Å²) in [5.74, 6) is 2.76. The second-order valence-corrected chi connectivity index (χ2v) is 4.01. The summed E-state index contributed by atoms with van der Waals surface area (Å²) in [4.78, 5) is 2.56. The number of nitrogens with zero attached hydrogens (tertiary/aromatic N) is 1. The van der Waals surface area contributed by atoms with Crippen molar-refractivity contribution in [2.75, 3.05) is 26.2 Å². The number of hydrogen-bond acceptors (Lipinski definition) is 2. The van der Waals surface area contributed by atoms with E-state index in [1.165, 1.54) is 26.1 Å². The number of hydrogen-bond donors (Lipinski definition) is 1. The highest BCUT2D eigenvalue weighted by atomic mass is 15.1. The molecule has 2 atom stereocenters. The molecule has 2 N–H and O–H groups in total. The van der Waals surface area contributed by atoms with E-state index in [1.54, 1.807) is 0 Å². The van der Waals surface area contributed by atoms with Crippen LogP contribution in [0.4, 0.5) is 0 Å². The molecule has 64 valence electrons. The molecule has 3 rings (SSSR count). The average molecular weight is 154 g/mol. The van der Waals surface area contributed by atoms with Crippen LogP contribution in [0.3, 0.4) is 0 Å². The van der Waals surface area contributed by atoms with E-state index in [-0.39, 0.29) is 0 Å². The Labute approximate surface area is 68.7 Å². The highest BCUT2D eigenvalue weighted by molar-refractivity contribution is 4.96. The maximum Gasteiger partial charge on any atom is 0.00130 e. The molecule has 3 aliphatic rings. The van der Waals surface area contributed by atoms with Gasteiger partial charge in [0.25, 0.3) is 0 Å². The fourth-order valence-corrected chi connectivity index (χ4v) is 2.73. The Morgan fingerprint density at radius 3 is 2.45 bits per heavy atom. The molecule has 0 amide bonds. The third-order valence-electron chi connectivity index (χ3n) is 3.52. The van der Waals surface area contributed by atoms with Crippen molar-refractivity contribution in [1.29, 1.82) is 0 Å². The van der Waals surface area contributed by atoms with Crippen molar-refractivity contribution in [3.05, 3.63) is 0 Å². The van der Waals surface area contributed by atoms with Crippen LogP contribution in [0.5, 0.6) is 0 Å². The fraction of sp³-hybridized carbons (Fsp3) is 1.00. The first-order valence-electron chi connectivity index (χ1n) is 4.77. The molecular formula is C9H18N2. The molecule has 0 radical (unpaired) electrons. The molecule has 0 aromatic carbocycles. The summed E-state index contributed by atoms with van der Waals surface area (Å²) >= 11 is 0. The Bertz CT molecular complexity index is 134. The standard InChI is InChI=1S/C9H18N2/c1-2-11-5-7-3-8(6-11)9(7)4-10/h7-9H,2-6,10H2,1H3. The highest BCUT2D eigenvalue weighted by Crippen LogP contribution is 2.44. The van der Waals surface area contributed by atoms with E-state index in [2.05, 4.69) is 11.8 Å².